The molecule has 0 bridgehead atoms. The normalized spacial score (nSPS) is 15.4. The number of carbonyl (C=O) groups excluding carboxylic acids is 1. The maximum atomic E-state index is 12.8. The van der Waals surface area contributed by atoms with Crippen molar-refractivity contribution in [1.29, 1.82) is 0 Å². The van der Waals surface area contributed by atoms with Crippen LogP contribution in [0, 0.1) is 6.92 Å². The summed E-state index contributed by atoms with van der Waals surface area (Å²) in [5.74, 6) is -0.623. The third-order valence-corrected chi connectivity index (χ3v) is 6.89. The Hall–Kier alpha value is -1.64. The zero-order valence-electron chi connectivity index (χ0n) is 15.2. The van der Waals surface area contributed by atoms with Crippen LogP contribution in [0.3, 0.4) is 0 Å². The lowest BCUT2D eigenvalue weighted by molar-refractivity contribution is 0.0471. The lowest BCUT2D eigenvalue weighted by Gasteiger charge is -2.26. The molecule has 1 fully saturated rings. The molecule has 1 aliphatic rings. The highest BCUT2D eigenvalue weighted by Crippen LogP contribution is 2.24. The monoisotopic (exact) mass is 443 g/mol. The second kappa shape index (κ2) is 8.80. The van der Waals surface area contributed by atoms with E-state index in [1.165, 1.54) is 16.4 Å². The minimum absolute atomic E-state index is 0.0469. The van der Waals surface area contributed by atoms with Gasteiger partial charge in [-0.05, 0) is 36.8 Å². The minimum Gasteiger partial charge on any atom is -0.457 e. The lowest BCUT2D eigenvalue weighted by Crippen LogP contribution is -2.40. The number of halogens is 2. The highest BCUT2D eigenvalue weighted by molar-refractivity contribution is 7.89. The van der Waals surface area contributed by atoms with Crippen LogP contribution in [0.2, 0.25) is 10.0 Å². The Labute approximate surface area is 174 Å². The molecule has 2 aromatic carbocycles. The average Bonchev–Trinajstić information content (AvgIpc) is 2.68. The topological polar surface area (TPSA) is 72.9 Å². The van der Waals surface area contributed by atoms with E-state index in [9.17, 15) is 13.2 Å². The van der Waals surface area contributed by atoms with Crippen LogP contribution < -0.4 is 0 Å². The Morgan fingerprint density at radius 3 is 2.54 bits per heavy atom. The van der Waals surface area contributed by atoms with E-state index < -0.39 is 16.0 Å². The molecule has 0 atom stereocenters. The Balaban J connectivity index is 1.79. The molecule has 0 saturated carbocycles. The van der Waals surface area contributed by atoms with Gasteiger partial charge in [0.2, 0.25) is 10.0 Å². The molecule has 1 heterocycles. The Morgan fingerprint density at radius 2 is 1.86 bits per heavy atom. The van der Waals surface area contributed by atoms with Crippen LogP contribution in [0.25, 0.3) is 0 Å². The first-order valence-electron chi connectivity index (χ1n) is 8.58. The number of morpholine rings is 1. The van der Waals surface area contributed by atoms with Gasteiger partial charge in [-0.2, -0.15) is 4.31 Å². The van der Waals surface area contributed by atoms with E-state index in [0.29, 0.717) is 34.4 Å². The minimum atomic E-state index is -3.70. The third kappa shape index (κ3) is 4.67. The number of aryl methyl sites for hydroxylation is 1. The predicted octanol–water partition coefficient (Wildman–Crippen LogP) is 3.68. The molecular formula is C19H19Cl2NO5S. The fourth-order valence-corrected chi connectivity index (χ4v) is 4.68. The standard InChI is InChI=1S/C19H19Cl2NO5S/c1-13-2-5-16(28(24,25)22-6-8-26-9-7-22)11-17(13)19(23)27-12-14-3-4-15(20)10-18(14)21/h2-5,10-11H,6-9,12H2,1H3. The van der Waals surface area contributed by atoms with Crippen molar-refractivity contribution in [1.82, 2.24) is 4.31 Å². The zero-order valence-corrected chi connectivity index (χ0v) is 17.5. The maximum absolute atomic E-state index is 12.8. The van der Waals surface area contributed by atoms with Crippen LogP contribution in [-0.2, 0) is 26.1 Å². The highest BCUT2D eigenvalue weighted by Gasteiger charge is 2.27. The SMILES string of the molecule is Cc1ccc(S(=O)(=O)N2CCOCC2)cc1C(=O)OCc1ccc(Cl)cc1Cl. The van der Waals surface area contributed by atoms with Gasteiger partial charge in [-0.3, -0.25) is 0 Å². The molecule has 0 radical (unpaired) electrons. The summed E-state index contributed by atoms with van der Waals surface area (Å²) < 4.78 is 37.5. The van der Waals surface area contributed by atoms with E-state index >= 15 is 0 Å². The largest absolute Gasteiger partial charge is 0.457 e. The number of hydrogen-bond donors (Lipinski definition) is 0. The van der Waals surface area contributed by atoms with Gasteiger partial charge in [-0.25, -0.2) is 13.2 Å². The molecule has 6 nitrogen and oxygen atoms in total. The number of benzene rings is 2. The average molecular weight is 444 g/mol. The smallest absolute Gasteiger partial charge is 0.338 e. The van der Waals surface area contributed by atoms with E-state index in [1.807, 2.05) is 0 Å². The van der Waals surface area contributed by atoms with Crippen molar-refractivity contribution in [3.05, 3.63) is 63.1 Å². The van der Waals surface area contributed by atoms with Crippen LogP contribution in [0.5, 0.6) is 0 Å². The van der Waals surface area contributed by atoms with Crippen LogP contribution in [0.15, 0.2) is 41.3 Å². The van der Waals surface area contributed by atoms with E-state index in [0.717, 1.165) is 0 Å². The van der Waals surface area contributed by atoms with Crippen molar-refractivity contribution in [2.24, 2.45) is 0 Å². The van der Waals surface area contributed by atoms with Crippen molar-refractivity contribution in [3.8, 4) is 0 Å². The molecule has 0 aliphatic carbocycles. The Morgan fingerprint density at radius 1 is 1.14 bits per heavy atom. The summed E-state index contributed by atoms with van der Waals surface area (Å²) in [4.78, 5) is 12.6. The van der Waals surface area contributed by atoms with Gasteiger partial charge >= 0.3 is 5.97 Å². The molecular weight excluding hydrogens is 425 g/mol. The maximum Gasteiger partial charge on any atom is 0.338 e. The zero-order chi connectivity index (χ0) is 20.3. The van der Waals surface area contributed by atoms with Crippen LogP contribution >= 0.6 is 23.2 Å². The lowest BCUT2D eigenvalue weighted by atomic mass is 10.1. The highest BCUT2D eigenvalue weighted by atomic mass is 35.5. The molecule has 0 aromatic heterocycles. The third-order valence-electron chi connectivity index (χ3n) is 4.41. The fraction of sp³-hybridized carbons (Fsp3) is 0.316. The second-order valence-electron chi connectivity index (χ2n) is 6.31. The number of nitrogens with zero attached hydrogens (tertiary/aromatic N) is 1. The molecule has 0 spiro atoms. The molecule has 3 rings (SSSR count). The van der Waals surface area contributed by atoms with Gasteiger partial charge in [0.15, 0.2) is 0 Å². The number of rotatable bonds is 5. The van der Waals surface area contributed by atoms with Gasteiger partial charge in [-0.15, -0.1) is 0 Å². The summed E-state index contributed by atoms with van der Waals surface area (Å²) in [5.41, 5.74) is 1.42. The fourth-order valence-electron chi connectivity index (χ4n) is 2.78. The van der Waals surface area contributed by atoms with Gasteiger partial charge in [0.1, 0.15) is 6.61 Å². The summed E-state index contributed by atoms with van der Waals surface area (Å²) in [6.45, 7) is 2.94. The molecule has 0 amide bonds. The first-order valence-corrected chi connectivity index (χ1v) is 10.8. The molecule has 2 aromatic rings. The van der Waals surface area contributed by atoms with Crippen molar-refractivity contribution < 1.29 is 22.7 Å². The summed E-state index contributed by atoms with van der Waals surface area (Å²) in [6.07, 6.45) is 0. The van der Waals surface area contributed by atoms with Crippen molar-refractivity contribution in [3.63, 3.8) is 0 Å². The molecule has 28 heavy (non-hydrogen) atoms. The number of hydrogen-bond acceptors (Lipinski definition) is 5. The molecule has 9 heteroatoms. The number of esters is 1. The van der Waals surface area contributed by atoms with Gasteiger partial charge in [0, 0.05) is 28.7 Å². The molecule has 1 aliphatic heterocycles. The van der Waals surface area contributed by atoms with Crippen molar-refractivity contribution >= 4 is 39.2 Å². The van der Waals surface area contributed by atoms with Crippen molar-refractivity contribution in [2.45, 2.75) is 18.4 Å². The summed E-state index contributed by atoms with van der Waals surface area (Å²) >= 11 is 12.0. The molecule has 0 N–H and O–H groups in total. The summed E-state index contributed by atoms with van der Waals surface area (Å²) in [7, 11) is -3.70. The summed E-state index contributed by atoms with van der Waals surface area (Å²) in [6, 6.07) is 9.33. The van der Waals surface area contributed by atoms with E-state index in [2.05, 4.69) is 0 Å². The van der Waals surface area contributed by atoms with Crippen LogP contribution in [0.1, 0.15) is 21.5 Å². The predicted molar refractivity (Wildman–Crippen MR) is 106 cm³/mol. The first kappa shape index (κ1) is 21.1. The quantitative estimate of drug-likeness (QED) is 0.658. The second-order valence-corrected chi connectivity index (χ2v) is 9.09. The van der Waals surface area contributed by atoms with Crippen LogP contribution in [-0.4, -0.2) is 45.0 Å². The van der Waals surface area contributed by atoms with E-state index in [1.54, 1.807) is 31.2 Å². The van der Waals surface area contributed by atoms with Crippen molar-refractivity contribution in [2.75, 3.05) is 26.3 Å². The van der Waals surface area contributed by atoms with E-state index in [-0.39, 0.29) is 30.2 Å². The van der Waals surface area contributed by atoms with Gasteiger partial charge < -0.3 is 9.47 Å². The van der Waals surface area contributed by atoms with Crippen LogP contribution in [0.4, 0.5) is 0 Å². The van der Waals surface area contributed by atoms with Gasteiger partial charge in [-0.1, -0.05) is 35.3 Å². The molecule has 1 saturated heterocycles. The number of carbonyl (C=O) groups is 1. The number of ether oxygens (including phenoxy) is 2. The van der Waals surface area contributed by atoms with Gasteiger partial charge in [0.25, 0.3) is 0 Å². The first-order chi connectivity index (χ1) is 13.3. The molecule has 0 unspecified atom stereocenters. The Kier molecular flexibility index (Phi) is 6.62. The molecule has 150 valence electrons. The Bertz CT molecular complexity index is 988. The summed E-state index contributed by atoms with van der Waals surface area (Å²) in [5, 5.41) is 0.873. The van der Waals surface area contributed by atoms with E-state index in [4.69, 9.17) is 32.7 Å². The number of sulfonamides is 1. The van der Waals surface area contributed by atoms with Gasteiger partial charge in [0.05, 0.1) is 23.7 Å².